The van der Waals surface area contributed by atoms with Gasteiger partial charge >= 0.3 is 0 Å². The number of aromatic nitrogens is 2. The summed E-state index contributed by atoms with van der Waals surface area (Å²) >= 11 is 0. The number of ether oxygens (including phenoxy) is 3. The minimum Gasteiger partial charge on any atom is -0.468 e. The van der Waals surface area contributed by atoms with Gasteiger partial charge in [-0.05, 0) is 151 Å². The zero-order chi connectivity index (χ0) is 51.7. The maximum absolute atomic E-state index is 15.4. The number of hydrogen-bond donors (Lipinski definition) is 4. The number of H-pyrrole nitrogens is 1. The first-order valence-corrected chi connectivity index (χ1v) is 27.7. The average Bonchev–Trinajstić information content (AvgIpc) is 3.54. The van der Waals surface area contributed by atoms with Crippen LogP contribution < -0.4 is 24.6 Å². The highest BCUT2D eigenvalue weighted by molar-refractivity contribution is 7.90. The van der Waals surface area contributed by atoms with Gasteiger partial charge in [0.05, 0.1) is 50.7 Å². The fourth-order valence-corrected chi connectivity index (χ4v) is 13.8. The Morgan fingerprint density at radius 2 is 1.74 bits per heavy atom. The van der Waals surface area contributed by atoms with E-state index in [9.17, 15) is 28.4 Å². The van der Waals surface area contributed by atoms with Crippen LogP contribution in [0.5, 0.6) is 5.88 Å². The van der Waals surface area contributed by atoms with E-state index in [1.807, 2.05) is 30.9 Å². The Bertz CT molecular complexity index is 3070. The standard InChI is InChI=1S/C55H67FN8O9S/c1-34-8-5-6-9-39(34)48-33-71-24-7-21-62(48)37-29-55(30-37)19-22-61(23-20-55)36-10-12-40(45(26-36)63-44-16-25-72-53(2,3)49(44)73-52-47(63)28-41-42(56)32-58-50(41)59-52)51(65)60-74(69,70)38-11-13-43(46(27-38)64(67)68)57-31-35-14-17-54(4,66)18-15-35/h5-6,8-13,26-28,32,35,37,44,48-49,57,66H,7,14-25,29-31,33H2,1-4H3,(H,58,59)(H,60,65)/t35-,44-,48-,49+,54-/m0/s1. The number of carbonyl (C=O) groups is 1. The molecule has 6 heterocycles. The minimum atomic E-state index is -4.69. The number of carbonyl (C=O) groups excluding carboxylic acids is 1. The Labute approximate surface area is 431 Å². The van der Waals surface area contributed by atoms with Crippen LogP contribution in [0.15, 0.2) is 77.8 Å². The van der Waals surface area contributed by atoms with E-state index >= 15 is 4.39 Å². The Morgan fingerprint density at radius 1 is 0.973 bits per heavy atom. The van der Waals surface area contributed by atoms with Crippen LogP contribution in [0.4, 0.5) is 32.8 Å². The number of halogens is 1. The number of fused-ring (bicyclic) bond motifs is 3. The van der Waals surface area contributed by atoms with Crippen LogP contribution in [-0.4, -0.2) is 115 Å². The third-order valence-electron chi connectivity index (χ3n) is 17.2. The predicted molar refractivity (Wildman–Crippen MR) is 279 cm³/mol. The molecular formula is C55H67FN8O9S. The third-order valence-corrected chi connectivity index (χ3v) is 18.5. The fourth-order valence-electron chi connectivity index (χ4n) is 12.8. The number of nitrogens with zero attached hydrogens (tertiary/aromatic N) is 5. The molecule has 2 aliphatic carbocycles. The Hall–Kier alpha value is -5.86. The molecule has 6 aliphatic rings. The molecule has 3 aromatic carbocycles. The molecule has 394 valence electrons. The van der Waals surface area contributed by atoms with Gasteiger partial charge < -0.3 is 39.4 Å². The second kappa shape index (κ2) is 19.4. The van der Waals surface area contributed by atoms with Crippen LogP contribution in [0.1, 0.15) is 113 Å². The molecule has 19 heteroatoms. The molecule has 4 N–H and O–H groups in total. The summed E-state index contributed by atoms with van der Waals surface area (Å²) in [6.45, 7) is 12.6. The molecule has 3 saturated heterocycles. The highest BCUT2D eigenvalue weighted by Crippen LogP contribution is 2.54. The van der Waals surface area contributed by atoms with Gasteiger partial charge in [-0.2, -0.15) is 4.98 Å². The van der Waals surface area contributed by atoms with Gasteiger partial charge in [-0.15, -0.1) is 0 Å². The molecule has 2 aromatic heterocycles. The summed E-state index contributed by atoms with van der Waals surface area (Å²) in [5.41, 5.74) is 2.86. The minimum absolute atomic E-state index is 0.0158. The summed E-state index contributed by atoms with van der Waals surface area (Å²) in [5.74, 6) is -1.10. The van der Waals surface area contributed by atoms with Gasteiger partial charge in [-0.3, -0.25) is 19.8 Å². The number of benzene rings is 3. The van der Waals surface area contributed by atoms with Crippen molar-refractivity contribution in [3.05, 3.63) is 106 Å². The molecule has 5 fully saturated rings. The average molecular weight is 1040 g/mol. The molecule has 3 atom stereocenters. The van der Waals surface area contributed by atoms with E-state index in [1.54, 1.807) is 19.1 Å². The molecule has 4 aliphatic heterocycles. The molecule has 11 rings (SSSR count). The van der Waals surface area contributed by atoms with Crippen molar-refractivity contribution in [2.75, 3.05) is 61.1 Å². The summed E-state index contributed by atoms with van der Waals surface area (Å²) in [4.78, 5) is 40.7. The van der Waals surface area contributed by atoms with Crippen LogP contribution >= 0.6 is 0 Å². The number of rotatable bonds is 11. The normalized spacial score (nSPS) is 26.1. The summed E-state index contributed by atoms with van der Waals surface area (Å²) < 4.78 is 65.2. The largest absolute Gasteiger partial charge is 0.468 e. The van der Waals surface area contributed by atoms with Gasteiger partial charge in [-0.1, -0.05) is 24.3 Å². The second-order valence-electron chi connectivity index (χ2n) is 22.5. The van der Waals surface area contributed by atoms with Crippen molar-refractivity contribution in [2.45, 2.75) is 132 Å². The maximum atomic E-state index is 15.4. The lowest BCUT2D eigenvalue weighted by Gasteiger charge is -2.56. The lowest BCUT2D eigenvalue weighted by Crippen LogP contribution is -2.61. The Balaban J connectivity index is 0.894. The molecule has 74 heavy (non-hydrogen) atoms. The van der Waals surface area contributed by atoms with Crippen LogP contribution in [-0.2, 0) is 19.5 Å². The molecule has 0 unspecified atom stereocenters. The van der Waals surface area contributed by atoms with Crippen LogP contribution in [0, 0.1) is 34.2 Å². The number of nitro groups is 1. The molecule has 1 spiro atoms. The van der Waals surface area contributed by atoms with E-state index in [2.05, 4.69) is 56.0 Å². The number of aliphatic hydroxyl groups is 1. The van der Waals surface area contributed by atoms with E-state index in [0.29, 0.717) is 56.4 Å². The third kappa shape index (κ3) is 9.58. The van der Waals surface area contributed by atoms with Gasteiger partial charge in [-0.25, -0.2) is 17.5 Å². The number of amides is 1. The Morgan fingerprint density at radius 3 is 2.50 bits per heavy atom. The van der Waals surface area contributed by atoms with E-state index < -0.39 is 60.6 Å². The quantitative estimate of drug-likeness (QED) is 0.0720. The summed E-state index contributed by atoms with van der Waals surface area (Å²) in [7, 11) is -4.69. The number of aryl methyl sites for hydroxylation is 1. The fraction of sp³-hybridized carbons (Fsp3) is 0.527. The highest BCUT2D eigenvalue weighted by atomic mass is 32.2. The SMILES string of the molecule is Cc1ccccc1[C@@H]1COCCCN1C1CC2(CCN(c3ccc(C(=O)NS(=O)(=O)c4ccc(NC[C@H]5CC[C@](C)(O)CC5)c([N+](=O)[O-])c4)c(N4c5cc6c(F)c[nH]c6nc5O[C@@H]5[C@@H]4CCOC5(C)C)c3)CC2)C1. The van der Waals surface area contributed by atoms with E-state index in [4.69, 9.17) is 19.2 Å². The van der Waals surface area contributed by atoms with Gasteiger partial charge in [0.1, 0.15) is 34.5 Å². The summed E-state index contributed by atoms with van der Waals surface area (Å²) in [6, 6.07) is 19.4. The summed E-state index contributed by atoms with van der Waals surface area (Å²) in [5, 5.41) is 26.2. The molecule has 17 nitrogen and oxygen atoms in total. The van der Waals surface area contributed by atoms with Crippen molar-refractivity contribution in [2.24, 2.45) is 11.3 Å². The topological polar surface area (TPSA) is 205 Å². The number of sulfonamides is 1. The smallest absolute Gasteiger partial charge is 0.293 e. The van der Waals surface area contributed by atoms with Crippen molar-refractivity contribution < 1.29 is 41.8 Å². The lowest BCUT2D eigenvalue weighted by molar-refractivity contribution is -0.384. The van der Waals surface area contributed by atoms with Crippen molar-refractivity contribution in [1.82, 2.24) is 19.6 Å². The molecule has 2 saturated carbocycles. The molecule has 5 aromatic rings. The van der Waals surface area contributed by atoms with Crippen molar-refractivity contribution in [3.63, 3.8) is 0 Å². The number of hydrogen-bond acceptors (Lipinski definition) is 14. The first kappa shape index (κ1) is 50.3. The summed E-state index contributed by atoms with van der Waals surface area (Å²) in [6.07, 6.45) is 8.98. The van der Waals surface area contributed by atoms with Crippen molar-refractivity contribution >= 4 is 55.4 Å². The van der Waals surface area contributed by atoms with Crippen molar-refractivity contribution in [1.29, 1.82) is 0 Å². The zero-order valence-corrected chi connectivity index (χ0v) is 43.4. The molecule has 0 radical (unpaired) electrons. The van der Waals surface area contributed by atoms with Gasteiger partial charge in [0.25, 0.3) is 21.6 Å². The number of aromatic amines is 1. The predicted octanol–water partition coefficient (Wildman–Crippen LogP) is 9.07. The van der Waals surface area contributed by atoms with Gasteiger partial charge in [0.2, 0.25) is 5.88 Å². The lowest BCUT2D eigenvalue weighted by atomic mass is 9.59. The molecule has 0 bridgehead atoms. The first-order valence-electron chi connectivity index (χ1n) is 26.2. The van der Waals surface area contributed by atoms with Gasteiger partial charge in [0.15, 0.2) is 0 Å². The van der Waals surface area contributed by atoms with Crippen LogP contribution in [0.2, 0.25) is 0 Å². The highest BCUT2D eigenvalue weighted by Gasteiger charge is 2.52. The second-order valence-corrected chi connectivity index (χ2v) is 24.2. The van der Waals surface area contributed by atoms with Crippen LogP contribution in [0.3, 0.4) is 0 Å². The van der Waals surface area contributed by atoms with E-state index in [1.165, 1.54) is 29.5 Å². The number of nitro benzene ring substituents is 1. The van der Waals surface area contributed by atoms with E-state index in [-0.39, 0.29) is 45.5 Å². The first-order chi connectivity index (χ1) is 35.4. The Kier molecular flexibility index (Phi) is 13.2. The number of piperidine rings is 1. The van der Waals surface area contributed by atoms with Crippen LogP contribution in [0.25, 0.3) is 11.0 Å². The maximum Gasteiger partial charge on any atom is 0.293 e. The van der Waals surface area contributed by atoms with Crippen molar-refractivity contribution in [3.8, 4) is 5.88 Å². The number of nitrogens with one attached hydrogen (secondary N) is 3. The van der Waals surface area contributed by atoms with Gasteiger partial charge in [0, 0.05) is 63.4 Å². The van der Waals surface area contributed by atoms with E-state index in [0.717, 1.165) is 82.9 Å². The molecule has 1 amide bonds. The zero-order valence-electron chi connectivity index (χ0n) is 42.6. The molecular weight excluding hydrogens is 968 g/mol. The number of pyridine rings is 1. The monoisotopic (exact) mass is 1030 g/mol. The number of anilines is 4.